The minimum absolute atomic E-state index is 0.159. The summed E-state index contributed by atoms with van der Waals surface area (Å²) in [6.07, 6.45) is 2.67. The Bertz CT molecular complexity index is 434. The maximum Gasteiger partial charge on any atom is 0.223 e. The zero-order valence-corrected chi connectivity index (χ0v) is 12.1. The van der Waals surface area contributed by atoms with Crippen molar-refractivity contribution < 1.29 is 9.18 Å². The van der Waals surface area contributed by atoms with Gasteiger partial charge < -0.3 is 4.90 Å². The van der Waals surface area contributed by atoms with Crippen LogP contribution in [-0.2, 0) is 11.3 Å². The third-order valence-electron chi connectivity index (χ3n) is 3.27. The first-order chi connectivity index (χ1) is 9.22. The lowest BCUT2D eigenvalue weighted by molar-refractivity contribution is -0.132. The molecule has 0 N–H and O–H groups in total. The number of hydrogen-bond donors (Lipinski definition) is 0. The molecule has 0 saturated heterocycles. The predicted octanol–water partition coefficient (Wildman–Crippen LogP) is 3.46. The Balaban J connectivity index is 1.96. The van der Waals surface area contributed by atoms with E-state index in [1.165, 1.54) is 6.07 Å². The number of halogens is 1. The Labute approximate surface area is 118 Å². The molecule has 0 aromatic heterocycles. The summed E-state index contributed by atoms with van der Waals surface area (Å²) in [4.78, 5) is 14.1. The van der Waals surface area contributed by atoms with Crippen LogP contribution >= 0.6 is 11.8 Å². The van der Waals surface area contributed by atoms with Gasteiger partial charge in [-0.25, -0.2) is 4.39 Å². The van der Waals surface area contributed by atoms with Gasteiger partial charge in [-0.2, -0.15) is 11.8 Å². The van der Waals surface area contributed by atoms with Crippen LogP contribution in [0.4, 0.5) is 4.39 Å². The van der Waals surface area contributed by atoms with Crippen LogP contribution in [0.3, 0.4) is 0 Å². The maximum absolute atomic E-state index is 13.7. The number of amides is 1. The topological polar surface area (TPSA) is 20.3 Å². The van der Waals surface area contributed by atoms with E-state index in [9.17, 15) is 9.18 Å². The van der Waals surface area contributed by atoms with Crippen LogP contribution in [0.2, 0.25) is 0 Å². The van der Waals surface area contributed by atoms with Crippen LogP contribution in [0.1, 0.15) is 31.7 Å². The summed E-state index contributed by atoms with van der Waals surface area (Å²) < 4.78 is 13.7. The summed E-state index contributed by atoms with van der Waals surface area (Å²) >= 11 is 1.77. The van der Waals surface area contributed by atoms with E-state index in [0.29, 0.717) is 24.6 Å². The Hall–Kier alpha value is -1.03. The highest BCUT2D eigenvalue weighted by atomic mass is 32.2. The zero-order chi connectivity index (χ0) is 13.7. The second-order valence-corrected chi connectivity index (χ2v) is 6.18. The molecular formula is C15H20FNOS. The van der Waals surface area contributed by atoms with Crippen molar-refractivity contribution in [2.24, 2.45) is 0 Å². The normalized spacial score (nSPS) is 14.4. The largest absolute Gasteiger partial charge is 0.335 e. The first kappa shape index (κ1) is 14.4. The van der Waals surface area contributed by atoms with Crippen molar-refractivity contribution in [1.29, 1.82) is 0 Å². The van der Waals surface area contributed by atoms with E-state index >= 15 is 0 Å². The number of hydrogen-bond acceptors (Lipinski definition) is 2. The average molecular weight is 281 g/mol. The van der Waals surface area contributed by atoms with Crippen LogP contribution in [-0.4, -0.2) is 28.4 Å². The average Bonchev–Trinajstić information content (AvgIpc) is 3.22. The third kappa shape index (κ3) is 4.23. The smallest absolute Gasteiger partial charge is 0.223 e. The molecule has 0 radical (unpaired) electrons. The van der Waals surface area contributed by atoms with Crippen LogP contribution in [0, 0.1) is 5.82 Å². The van der Waals surface area contributed by atoms with E-state index in [1.54, 1.807) is 23.9 Å². The number of carbonyl (C=O) groups excluding carboxylic acids is 1. The number of benzene rings is 1. The van der Waals surface area contributed by atoms with E-state index in [1.807, 2.05) is 11.0 Å². The highest BCUT2D eigenvalue weighted by Crippen LogP contribution is 2.29. The number of nitrogens with zero attached hydrogens (tertiary/aromatic N) is 1. The van der Waals surface area contributed by atoms with E-state index in [0.717, 1.165) is 24.3 Å². The monoisotopic (exact) mass is 281 g/mol. The fraction of sp³-hybridized carbons (Fsp3) is 0.533. The fourth-order valence-electron chi connectivity index (χ4n) is 2.06. The number of thioether (sulfide) groups is 1. The molecule has 1 aliphatic carbocycles. The molecule has 1 aliphatic rings. The minimum atomic E-state index is -0.219. The fourth-order valence-corrected chi connectivity index (χ4v) is 2.67. The summed E-state index contributed by atoms with van der Waals surface area (Å²) in [6, 6.07) is 7.05. The molecule has 1 fully saturated rings. The van der Waals surface area contributed by atoms with Gasteiger partial charge in [0, 0.05) is 30.3 Å². The second kappa shape index (κ2) is 6.94. The quantitative estimate of drug-likeness (QED) is 0.713. The third-order valence-corrected chi connectivity index (χ3v) is 4.17. The molecule has 1 saturated carbocycles. The van der Waals surface area contributed by atoms with Crippen molar-refractivity contribution in [2.45, 2.75) is 38.8 Å². The summed E-state index contributed by atoms with van der Waals surface area (Å²) in [6.45, 7) is 2.50. The molecule has 0 atom stereocenters. The van der Waals surface area contributed by atoms with Crippen LogP contribution in [0.15, 0.2) is 24.3 Å². The lowest BCUT2D eigenvalue weighted by Crippen LogP contribution is -2.33. The highest BCUT2D eigenvalue weighted by molar-refractivity contribution is 7.99. The predicted molar refractivity (Wildman–Crippen MR) is 77.6 cm³/mol. The first-order valence-electron chi connectivity index (χ1n) is 6.83. The molecule has 0 aliphatic heterocycles. The van der Waals surface area contributed by atoms with Crippen molar-refractivity contribution in [2.75, 3.05) is 11.5 Å². The summed E-state index contributed by atoms with van der Waals surface area (Å²) in [5.74, 6) is 1.83. The summed E-state index contributed by atoms with van der Waals surface area (Å²) in [5.41, 5.74) is 0.617. The number of rotatable bonds is 7. The Morgan fingerprint density at radius 3 is 2.79 bits per heavy atom. The number of carbonyl (C=O) groups is 1. The molecule has 2 nitrogen and oxygen atoms in total. The van der Waals surface area contributed by atoms with Gasteiger partial charge in [-0.1, -0.05) is 25.1 Å². The van der Waals surface area contributed by atoms with Gasteiger partial charge in [0.15, 0.2) is 0 Å². The minimum Gasteiger partial charge on any atom is -0.335 e. The second-order valence-electron chi connectivity index (χ2n) is 4.79. The molecular weight excluding hydrogens is 261 g/mol. The molecule has 0 unspecified atom stereocenters. The van der Waals surface area contributed by atoms with Gasteiger partial charge in [0.05, 0.1) is 0 Å². The van der Waals surface area contributed by atoms with E-state index < -0.39 is 0 Å². The molecule has 1 aromatic rings. The van der Waals surface area contributed by atoms with Gasteiger partial charge in [0.25, 0.3) is 0 Å². The van der Waals surface area contributed by atoms with Gasteiger partial charge >= 0.3 is 0 Å². The molecule has 104 valence electrons. The van der Waals surface area contributed by atoms with Crippen molar-refractivity contribution in [1.82, 2.24) is 4.90 Å². The Morgan fingerprint density at radius 2 is 2.16 bits per heavy atom. The molecule has 0 bridgehead atoms. The lowest BCUT2D eigenvalue weighted by Gasteiger charge is -2.22. The Kier molecular flexibility index (Phi) is 5.25. The van der Waals surface area contributed by atoms with E-state index in [4.69, 9.17) is 0 Å². The van der Waals surface area contributed by atoms with Crippen molar-refractivity contribution in [3.05, 3.63) is 35.6 Å². The summed E-state index contributed by atoms with van der Waals surface area (Å²) in [5, 5.41) is 0. The molecule has 1 amide bonds. The van der Waals surface area contributed by atoms with Gasteiger partial charge in [0.2, 0.25) is 5.91 Å². The maximum atomic E-state index is 13.7. The molecule has 0 spiro atoms. The van der Waals surface area contributed by atoms with Gasteiger partial charge in [-0.05, 0) is 24.7 Å². The lowest BCUT2D eigenvalue weighted by atomic mass is 10.2. The van der Waals surface area contributed by atoms with Crippen LogP contribution < -0.4 is 0 Å². The highest BCUT2D eigenvalue weighted by Gasteiger charge is 2.32. The SMILES string of the molecule is CCSCCC(=O)N(Cc1ccccc1F)C1CC1. The van der Waals surface area contributed by atoms with Crippen LogP contribution in [0.5, 0.6) is 0 Å². The summed E-state index contributed by atoms with van der Waals surface area (Å²) in [7, 11) is 0. The van der Waals surface area contributed by atoms with Crippen LogP contribution in [0.25, 0.3) is 0 Å². The Morgan fingerprint density at radius 1 is 1.42 bits per heavy atom. The first-order valence-corrected chi connectivity index (χ1v) is 7.98. The standard InChI is InChI=1S/C15H20FNOS/c1-2-19-10-9-15(18)17(13-7-8-13)11-12-5-3-4-6-14(12)16/h3-6,13H,2,7-11H2,1H3. The zero-order valence-electron chi connectivity index (χ0n) is 11.3. The van der Waals surface area contributed by atoms with Gasteiger partial charge in [0.1, 0.15) is 5.82 Å². The molecule has 2 rings (SSSR count). The van der Waals surface area contributed by atoms with Crippen molar-refractivity contribution >= 4 is 17.7 Å². The molecule has 4 heteroatoms. The molecule has 19 heavy (non-hydrogen) atoms. The van der Waals surface area contributed by atoms with Gasteiger partial charge in [-0.3, -0.25) is 4.79 Å². The van der Waals surface area contributed by atoms with Crippen molar-refractivity contribution in [3.63, 3.8) is 0 Å². The van der Waals surface area contributed by atoms with Gasteiger partial charge in [-0.15, -0.1) is 0 Å². The van der Waals surface area contributed by atoms with E-state index in [-0.39, 0.29) is 11.7 Å². The molecule has 1 aromatic carbocycles. The molecule has 0 heterocycles. The van der Waals surface area contributed by atoms with Crippen molar-refractivity contribution in [3.8, 4) is 0 Å². The van der Waals surface area contributed by atoms with E-state index in [2.05, 4.69) is 6.92 Å².